The Bertz CT molecular complexity index is 1680. The van der Waals surface area contributed by atoms with Crippen molar-refractivity contribution in [2.75, 3.05) is 25.6 Å². The third-order valence-electron chi connectivity index (χ3n) is 6.81. The average Bonchev–Trinajstić information content (AvgIpc) is 3.56. The smallest absolute Gasteiger partial charge is 0.466 e. The maximum absolute atomic E-state index is 13.1. The Morgan fingerprint density at radius 2 is 1.58 bits per heavy atom. The molecule has 1 saturated heterocycles. The number of esters is 4. The molecule has 0 radical (unpaired) electrons. The molecule has 26 heteroatoms. The van der Waals surface area contributed by atoms with Gasteiger partial charge in [0, 0.05) is 34.1 Å². The lowest BCUT2D eigenvalue weighted by Gasteiger charge is -2.32. The highest BCUT2D eigenvalue weighted by atomic mass is 31.3. The monoisotopic (exact) mass is 787 g/mol. The van der Waals surface area contributed by atoms with E-state index in [-0.39, 0.29) is 30.0 Å². The van der Waals surface area contributed by atoms with Crippen molar-refractivity contribution in [1.82, 2.24) is 19.5 Å². The summed E-state index contributed by atoms with van der Waals surface area (Å²) in [6.07, 6.45) is -10.9. The number of aliphatic hydroxyl groups is 2. The minimum Gasteiger partial charge on any atom is -0.466 e. The Hall–Kier alpha value is -3.67. The lowest BCUT2D eigenvalue weighted by atomic mass is 10.1. The largest absolute Gasteiger partial charge is 0.483 e. The number of nitrogens with two attached hydrogens (primary N) is 1. The molecule has 0 aromatic carbocycles. The highest BCUT2D eigenvalue weighted by Gasteiger charge is 2.47. The van der Waals surface area contributed by atoms with Crippen LogP contribution in [0, 0.1) is 0 Å². The van der Waals surface area contributed by atoms with Crippen LogP contribution in [0.4, 0.5) is 5.82 Å². The molecule has 10 atom stereocenters. The number of phosphoric acid groups is 2. The van der Waals surface area contributed by atoms with Gasteiger partial charge in [0.1, 0.15) is 49.0 Å². The van der Waals surface area contributed by atoms with E-state index in [1.54, 1.807) is 0 Å². The average molecular weight is 788 g/mol. The zero-order valence-electron chi connectivity index (χ0n) is 28.3. The van der Waals surface area contributed by atoms with E-state index in [1.807, 2.05) is 0 Å². The first-order chi connectivity index (χ1) is 24.2. The SMILES string of the molecule is CC(=O)OCCC(OC(OP(=O)(O)OP(=O)(O)OCC1OC(n2cnc3c(N)ncnc32)C(O)C1O)[C@@H](COC(C)=O)OC(C)=O)[C@H](C)OC(C)=O. The predicted molar refractivity (Wildman–Crippen MR) is 167 cm³/mol. The van der Waals surface area contributed by atoms with Crippen LogP contribution >= 0.6 is 15.6 Å². The molecule has 2 aromatic rings. The molecule has 0 spiro atoms. The molecule has 3 rings (SSSR count). The van der Waals surface area contributed by atoms with Crippen LogP contribution in [-0.2, 0) is 70.1 Å². The van der Waals surface area contributed by atoms with Crippen LogP contribution in [0.2, 0.25) is 0 Å². The van der Waals surface area contributed by atoms with Crippen molar-refractivity contribution in [3.05, 3.63) is 12.7 Å². The third kappa shape index (κ3) is 12.5. The molecule has 52 heavy (non-hydrogen) atoms. The number of ether oxygens (including phenoxy) is 6. The second kappa shape index (κ2) is 18.4. The number of aromatic nitrogens is 4. The van der Waals surface area contributed by atoms with E-state index in [0.29, 0.717) is 0 Å². The summed E-state index contributed by atoms with van der Waals surface area (Å²) >= 11 is 0. The number of phosphoric ester groups is 2. The van der Waals surface area contributed by atoms with Gasteiger partial charge in [-0.2, -0.15) is 4.31 Å². The summed E-state index contributed by atoms with van der Waals surface area (Å²) in [7, 11) is -11.4. The number of hydrogen-bond acceptors (Lipinski definition) is 21. The van der Waals surface area contributed by atoms with Gasteiger partial charge in [-0.05, 0) is 6.92 Å². The quantitative estimate of drug-likeness (QED) is 0.0513. The van der Waals surface area contributed by atoms with Gasteiger partial charge in [0.2, 0.25) is 6.29 Å². The summed E-state index contributed by atoms with van der Waals surface area (Å²) in [5, 5.41) is 21.2. The van der Waals surface area contributed by atoms with E-state index in [9.17, 15) is 48.3 Å². The van der Waals surface area contributed by atoms with Gasteiger partial charge in [-0.15, -0.1) is 0 Å². The van der Waals surface area contributed by atoms with E-state index in [1.165, 1.54) is 17.8 Å². The summed E-state index contributed by atoms with van der Waals surface area (Å²) in [6.45, 7) is 3.21. The van der Waals surface area contributed by atoms with E-state index < -0.39 is 102 Å². The molecule has 6 N–H and O–H groups in total. The number of rotatable bonds is 19. The van der Waals surface area contributed by atoms with Crippen LogP contribution in [0.15, 0.2) is 12.7 Å². The van der Waals surface area contributed by atoms with Crippen molar-refractivity contribution in [3.63, 3.8) is 0 Å². The standard InChI is InChI=1S/C26H39N5O19P2/c1-12(45-15(4)34)17(6-7-42-13(2)32)48-26(19(46-16(5)35)8-43-14(3)33)49-52(40,41)50-51(38,39)44-9-18-21(36)22(37)25(47-18)31-11-30-20-23(27)28-10-29-24(20)31/h10-12,17-19,21-22,25-26,36-37H,6-9H2,1-5H3,(H,38,39)(H,40,41)(H2,27,28,29)/t12-,17?,18?,19+,21?,22?,25?,26?/m0/s1. The number of imidazole rings is 1. The first kappa shape index (κ1) is 42.7. The Balaban J connectivity index is 1.79. The predicted octanol–water partition coefficient (Wildman–Crippen LogP) is -0.611. The summed E-state index contributed by atoms with van der Waals surface area (Å²) < 4.78 is 72.6. The molecule has 292 valence electrons. The van der Waals surface area contributed by atoms with Crippen LogP contribution in [0.5, 0.6) is 0 Å². The van der Waals surface area contributed by atoms with Crippen molar-refractivity contribution >= 4 is 56.5 Å². The van der Waals surface area contributed by atoms with E-state index in [2.05, 4.69) is 19.3 Å². The lowest BCUT2D eigenvalue weighted by Crippen LogP contribution is -2.44. The molecule has 1 fully saturated rings. The molecule has 8 unspecified atom stereocenters. The van der Waals surface area contributed by atoms with Gasteiger partial charge in [-0.3, -0.25) is 32.8 Å². The molecule has 0 aliphatic carbocycles. The highest BCUT2D eigenvalue weighted by Crippen LogP contribution is 2.61. The van der Waals surface area contributed by atoms with Crippen LogP contribution in [0.3, 0.4) is 0 Å². The number of nitrogen functional groups attached to an aromatic ring is 1. The zero-order chi connectivity index (χ0) is 39.0. The van der Waals surface area contributed by atoms with Crippen molar-refractivity contribution in [2.45, 2.75) is 90.2 Å². The fourth-order valence-corrected chi connectivity index (χ4v) is 6.80. The molecule has 3 heterocycles. The first-order valence-corrected chi connectivity index (χ1v) is 18.1. The van der Waals surface area contributed by atoms with E-state index in [0.717, 1.165) is 34.0 Å². The van der Waals surface area contributed by atoms with Gasteiger partial charge in [0.05, 0.1) is 19.5 Å². The molecular weight excluding hydrogens is 748 g/mol. The van der Waals surface area contributed by atoms with Crippen molar-refractivity contribution in [3.8, 4) is 0 Å². The molecule has 0 saturated carbocycles. The number of hydrogen-bond donors (Lipinski definition) is 5. The zero-order valence-corrected chi connectivity index (χ0v) is 30.1. The third-order valence-corrected chi connectivity index (χ3v) is 9.41. The van der Waals surface area contributed by atoms with Gasteiger partial charge < -0.3 is 54.2 Å². The normalized spacial score (nSPS) is 23.4. The maximum Gasteiger partial charge on any atom is 0.483 e. The summed E-state index contributed by atoms with van der Waals surface area (Å²) in [5.41, 5.74) is 6.05. The second-order valence-electron chi connectivity index (χ2n) is 11.0. The van der Waals surface area contributed by atoms with Crippen LogP contribution < -0.4 is 5.73 Å². The van der Waals surface area contributed by atoms with Gasteiger partial charge in [0.25, 0.3) is 0 Å². The Morgan fingerprint density at radius 3 is 2.19 bits per heavy atom. The summed E-state index contributed by atoms with van der Waals surface area (Å²) in [5.74, 6) is -3.39. The Kier molecular flexibility index (Phi) is 15.1. The lowest BCUT2D eigenvalue weighted by molar-refractivity contribution is -0.224. The number of anilines is 1. The van der Waals surface area contributed by atoms with E-state index >= 15 is 0 Å². The number of carbonyl (C=O) groups excluding carboxylic acids is 4. The van der Waals surface area contributed by atoms with Gasteiger partial charge in [-0.25, -0.2) is 24.1 Å². The fraction of sp³-hybridized carbons (Fsp3) is 0.654. The van der Waals surface area contributed by atoms with Crippen molar-refractivity contribution in [2.24, 2.45) is 0 Å². The van der Waals surface area contributed by atoms with E-state index in [4.69, 9.17) is 43.2 Å². The van der Waals surface area contributed by atoms with Crippen molar-refractivity contribution < 1.29 is 90.1 Å². The molecule has 1 aliphatic rings. The highest BCUT2D eigenvalue weighted by molar-refractivity contribution is 7.61. The second-order valence-corrected chi connectivity index (χ2v) is 14.0. The van der Waals surface area contributed by atoms with Crippen LogP contribution in [0.1, 0.15) is 47.3 Å². The molecule has 0 bridgehead atoms. The number of fused-ring (bicyclic) bond motifs is 1. The molecular formula is C26H39N5O19P2. The summed E-state index contributed by atoms with van der Waals surface area (Å²) in [4.78, 5) is 79.2. The first-order valence-electron chi connectivity index (χ1n) is 15.1. The Morgan fingerprint density at radius 1 is 0.923 bits per heavy atom. The topological polar surface area (TPSA) is 336 Å². The van der Waals surface area contributed by atoms with Crippen molar-refractivity contribution in [1.29, 1.82) is 0 Å². The van der Waals surface area contributed by atoms with Crippen LogP contribution in [0.25, 0.3) is 11.2 Å². The molecule has 2 aromatic heterocycles. The molecule has 0 amide bonds. The summed E-state index contributed by atoms with van der Waals surface area (Å²) in [6, 6.07) is 0. The molecule has 24 nitrogen and oxygen atoms in total. The maximum atomic E-state index is 13.1. The molecule has 1 aliphatic heterocycles. The van der Waals surface area contributed by atoms with Gasteiger partial charge >= 0.3 is 39.5 Å². The van der Waals surface area contributed by atoms with Gasteiger partial charge in [0.15, 0.2) is 23.8 Å². The minimum absolute atomic E-state index is 0.0142. The minimum atomic E-state index is -5.82. The number of nitrogens with zero attached hydrogens (tertiary/aromatic N) is 4. The van der Waals surface area contributed by atoms with Crippen LogP contribution in [-0.4, -0.2) is 126 Å². The fourth-order valence-electron chi connectivity index (χ4n) is 4.63. The van der Waals surface area contributed by atoms with Gasteiger partial charge in [-0.1, -0.05) is 0 Å². The number of aliphatic hydroxyl groups excluding tert-OH is 2. The number of carbonyl (C=O) groups is 4. The Labute approximate surface area is 294 Å².